The van der Waals surface area contributed by atoms with Crippen molar-refractivity contribution in [1.29, 1.82) is 0 Å². The molecule has 0 spiro atoms. The van der Waals surface area contributed by atoms with Crippen molar-refractivity contribution >= 4 is 75.5 Å². The summed E-state index contributed by atoms with van der Waals surface area (Å²) in [5.74, 6) is -1.58. The third-order valence-electron chi connectivity index (χ3n) is 3.46. The predicted octanol–water partition coefficient (Wildman–Crippen LogP) is 5.99. The summed E-state index contributed by atoms with van der Waals surface area (Å²) in [5.41, 5.74) is 1.26. The smallest absolute Gasteiger partial charge is 0.337 e. The van der Waals surface area contributed by atoms with Crippen molar-refractivity contribution in [1.82, 2.24) is 0 Å². The van der Waals surface area contributed by atoms with Gasteiger partial charge in [0.2, 0.25) is 0 Å². The highest BCUT2D eigenvalue weighted by Crippen LogP contribution is 2.43. The maximum atomic E-state index is 13.0. The Labute approximate surface area is 171 Å². The lowest BCUT2D eigenvalue weighted by atomic mass is 9.95. The minimum Gasteiger partial charge on any atom is -0.507 e. The van der Waals surface area contributed by atoms with Crippen molar-refractivity contribution in [2.75, 3.05) is 0 Å². The van der Waals surface area contributed by atoms with Crippen LogP contribution in [0.3, 0.4) is 0 Å². The number of carbonyl (C=O) groups excluding carboxylic acids is 1. The molecule has 2 N–H and O–H groups in total. The quantitative estimate of drug-likeness (QED) is 0.264. The number of phenols is 1. The van der Waals surface area contributed by atoms with Crippen molar-refractivity contribution in [3.05, 3.63) is 57.8 Å². The lowest BCUT2D eigenvalue weighted by molar-refractivity contribution is 0.0691. The lowest BCUT2D eigenvalue weighted by Crippen LogP contribution is -2.13. The van der Waals surface area contributed by atoms with E-state index in [9.17, 15) is 19.8 Å². The van der Waals surface area contributed by atoms with E-state index < -0.39 is 11.8 Å². The number of carboxylic acid groups (broad SMARTS) is 1. The lowest BCUT2D eigenvalue weighted by Gasteiger charge is -2.15. The summed E-state index contributed by atoms with van der Waals surface area (Å²) in [6.45, 7) is 3.36. The van der Waals surface area contributed by atoms with Gasteiger partial charge in [0, 0.05) is 23.5 Å². The molecule has 2 aromatic rings. The summed E-state index contributed by atoms with van der Waals surface area (Å²) in [6.07, 6.45) is 0. The predicted molar refractivity (Wildman–Crippen MR) is 105 cm³/mol. The first-order chi connectivity index (χ1) is 11.1. The molecule has 0 atom stereocenters. The molecule has 0 saturated carbocycles. The van der Waals surface area contributed by atoms with E-state index in [1.165, 1.54) is 12.1 Å². The van der Waals surface area contributed by atoms with Crippen LogP contribution >= 0.6 is 63.7 Å². The average molecular weight is 586 g/mol. The molecule has 0 bridgehead atoms. The second-order valence-electron chi connectivity index (χ2n) is 5.10. The van der Waals surface area contributed by atoms with Crippen LogP contribution in [0, 0.1) is 13.8 Å². The zero-order valence-corrected chi connectivity index (χ0v) is 18.7. The van der Waals surface area contributed by atoms with Crippen LogP contribution in [0.5, 0.6) is 5.75 Å². The van der Waals surface area contributed by atoms with Crippen LogP contribution in [0.2, 0.25) is 0 Å². The zero-order chi connectivity index (χ0) is 18.3. The maximum absolute atomic E-state index is 13.0. The fourth-order valence-electron chi connectivity index (χ4n) is 2.28. The molecule has 0 radical (unpaired) electrons. The van der Waals surface area contributed by atoms with Crippen LogP contribution in [0.25, 0.3) is 0 Å². The minimum absolute atomic E-state index is 0.0222. The Hall–Kier alpha value is -0.700. The first kappa shape index (κ1) is 19.6. The Bertz CT molecular complexity index is 867. The Morgan fingerprint density at radius 3 is 1.67 bits per heavy atom. The van der Waals surface area contributed by atoms with E-state index in [2.05, 4.69) is 63.7 Å². The van der Waals surface area contributed by atoms with Gasteiger partial charge in [-0.2, -0.15) is 0 Å². The van der Waals surface area contributed by atoms with Gasteiger partial charge in [0.15, 0.2) is 5.78 Å². The number of hydrogen-bond donors (Lipinski definition) is 2. The molecule has 0 aliphatic heterocycles. The first-order valence-electron chi connectivity index (χ1n) is 6.52. The molecule has 0 saturated heterocycles. The van der Waals surface area contributed by atoms with Crippen LogP contribution in [0.15, 0.2) is 30.0 Å². The Balaban J connectivity index is 2.81. The molecule has 126 valence electrons. The van der Waals surface area contributed by atoms with Crippen molar-refractivity contribution in [2.45, 2.75) is 13.8 Å². The van der Waals surface area contributed by atoms with Gasteiger partial charge in [-0.25, -0.2) is 4.79 Å². The van der Waals surface area contributed by atoms with Gasteiger partial charge >= 0.3 is 5.97 Å². The largest absolute Gasteiger partial charge is 0.507 e. The number of phenolic OH excluding ortho intramolecular Hbond substituents is 1. The molecule has 0 heterocycles. The van der Waals surface area contributed by atoms with E-state index in [0.717, 1.165) is 0 Å². The van der Waals surface area contributed by atoms with Crippen LogP contribution in [-0.2, 0) is 0 Å². The second-order valence-corrected chi connectivity index (χ2v) is 8.27. The third kappa shape index (κ3) is 3.34. The summed E-state index contributed by atoms with van der Waals surface area (Å²) in [7, 11) is 0. The average Bonchev–Trinajstić information content (AvgIpc) is 2.52. The summed E-state index contributed by atoms with van der Waals surface area (Å²) in [6, 6.07) is 3.07. The van der Waals surface area contributed by atoms with Gasteiger partial charge in [0.25, 0.3) is 0 Å². The molecule has 2 aromatic carbocycles. The molecule has 2 rings (SSSR count). The topological polar surface area (TPSA) is 74.6 Å². The van der Waals surface area contributed by atoms with E-state index in [0.29, 0.717) is 30.1 Å². The van der Waals surface area contributed by atoms with Gasteiger partial charge in [-0.05, 0) is 101 Å². The fraction of sp³-hybridized carbons (Fsp3) is 0.125. The fourth-order valence-corrected chi connectivity index (χ4v) is 4.74. The number of halogens is 4. The molecule has 0 aromatic heterocycles. The normalized spacial score (nSPS) is 10.8. The maximum Gasteiger partial charge on any atom is 0.337 e. The van der Waals surface area contributed by atoms with Crippen molar-refractivity contribution < 1.29 is 19.8 Å². The van der Waals surface area contributed by atoms with E-state index in [1.807, 2.05) is 0 Å². The van der Waals surface area contributed by atoms with E-state index in [-0.39, 0.29) is 21.3 Å². The Kier molecular flexibility index (Phi) is 5.95. The van der Waals surface area contributed by atoms with Crippen molar-refractivity contribution in [2.24, 2.45) is 0 Å². The van der Waals surface area contributed by atoms with Crippen LogP contribution in [0.4, 0.5) is 0 Å². The highest BCUT2D eigenvalue weighted by molar-refractivity contribution is 9.15. The van der Waals surface area contributed by atoms with Crippen molar-refractivity contribution in [3.63, 3.8) is 0 Å². The molecule has 0 unspecified atom stereocenters. The molecule has 24 heavy (non-hydrogen) atoms. The Morgan fingerprint density at radius 1 is 0.833 bits per heavy atom. The number of carbonyl (C=O) groups is 2. The molecular weight excluding hydrogens is 576 g/mol. The highest BCUT2D eigenvalue weighted by atomic mass is 79.9. The molecule has 0 fully saturated rings. The Morgan fingerprint density at radius 2 is 1.25 bits per heavy atom. The first-order valence-corrected chi connectivity index (χ1v) is 9.69. The molecule has 0 amide bonds. The third-order valence-corrected chi connectivity index (χ3v) is 8.23. The summed E-state index contributed by atoms with van der Waals surface area (Å²) in [5, 5.41) is 19.4. The second kappa shape index (κ2) is 7.27. The standard InChI is InChI=1S/C16H10Br4O4/c1-5-3-7(4-6(2)14(5)21)15(22)8-9(16(23)24)11(18)13(20)12(19)10(8)17/h3-4,21H,1-2H3,(H,23,24). The number of hydrogen-bond acceptors (Lipinski definition) is 3. The van der Waals surface area contributed by atoms with Gasteiger partial charge < -0.3 is 10.2 Å². The van der Waals surface area contributed by atoms with Crippen LogP contribution in [-0.4, -0.2) is 22.0 Å². The summed E-state index contributed by atoms with van der Waals surface area (Å²) in [4.78, 5) is 24.7. The van der Waals surface area contributed by atoms with Gasteiger partial charge in [0.05, 0.1) is 11.1 Å². The SMILES string of the molecule is Cc1cc(C(=O)c2c(Br)c(Br)c(Br)c(Br)c2C(=O)O)cc(C)c1O. The monoisotopic (exact) mass is 582 g/mol. The summed E-state index contributed by atoms with van der Waals surface area (Å²) < 4.78 is 1.61. The molecule has 0 aliphatic carbocycles. The number of aryl methyl sites for hydroxylation is 2. The minimum atomic E-state index is -1.23. The number of aromatic carboxylic acids is 1. The van der Waals surface area contributed by atoms with Gasteiger partial charge in [-0.3, -0.25) is 4.79 Å². The number of ketones is 1. The van der Waals surface area contributed by atoms with Crippen LogP contribution < -0.4 is 0 Å². The van der Waals surface area contributed by atoms with Gasteiger partial charge in [0.1, 0.15) is 5.75 Å². The summed E-state index contributed by atoms with van der Waals surface area (Å²) >= 11 is 13.2. The highest BCUT2D eigenvalue weighted by Gasteiger charge is 2.28. The number of rotatable bonds is 3. The molecular formula is C16H10Br4O4. The van der Waals surface area contributed by atoms with E-state index in [4.69, 9.17) is 0 Å². The zero-order valence-electron chi connectivity index (χ0n) is 12.4. The number of carboxylic acids is 1. The van der Waals surface area contributed by atoms with Gasteiger partial charge in [-0.1, -0.05) is 0 Å². The van der Waals surface area contributed by atoms with E-state index >= 15 is 0 Å². The van der Waals surface area contributed by atoms with Crippen LogP contribution in [0.1, 0.15) is 37.4 Å². The molecule has 4 nitrogen and oxygen atoms in total. The molecule has 8 heteroatoms. The van der Waals surface area contributed by atoms with E-state index in [1.54, 1.807) is 13.8 Å². The number of benzene rings is 2. The van der Waals surface area contributed by atoms with Crippen molar-refractivity contribution in [3.8, 4) is 5.75 Å². The van der Waals surface area contributed by atoms with Gasteiger partial charge in [-0.15, -0.1) is 0 Å². The molecule has 0 aliphatic rings. The number of aromatic hydroxyl groups is 1.